The standard InChI is InChI=1S/C17H20FN3O2/c18-15-4-1-6-19-16(15)20-13-9-17(23-11-13)5-7-21(12-17)10-14-3-2-8-22-14/h1-4,6,8,13H,5,7,9-12H2,(H,19,20)/t13-,17-/m0/s1. The van der Waals surface area contributed by atoms with E-state index in [-0.39, 0.29) is 17.5 Å². The maximum absolute atomic E-state index is 13.7. The van der Waals surface area contributed by atoms with Gasteiger partial charge >= 0.3 is 0 Å². The molecule has 2 aliphatic rings. The van der Waals surface area contributed by atoms with E-state index in [1.165, 1.54) is 6.07 Å². The third kappa shape index (κ3) is 3.09. The molecule has 2 aliphatic heterocycles. The van der Waals surface area contributed by atoms with E-state index in [2.05, 4.69) is 15.2 Å². The molecule has 0 saturated carbocycles. The van der Waals surface area contributed by atoms with Crippen molar-refractivity contribution in [1.29, 1.82) is 0 Å². The predicted molar refractivity (Wildman–Crippen MR) is 83.5 cm³/mol. The Morgan fingerprint density at radius 2 is 2.35 bits per heavy atom. The normalized spacial score (nSPS) is 27.8. The van der Waals surface area contributed by atoms with E-state index < -0.39 is 0 Å². The molecule has 2 saturated heterocycles. The van der Waals surface area contributed by atoms with Gasteiger partial charge in [-0.1, -0.05) is 0 Å². The van der Waals surface area contributed by atoms with Crippen LogP contribution in [0.5, 0.6) is 0 Å². The molecule has 23 heavy (non-hydrogen) atoms. The molecule has 6 heteroatoms. The van der Waals surface area contributed by atoms with Crippen molar-refractivity contribution in [1.82, 2.24) is 9.88 Å². The van der Waals surface area contributed by atoms with Gasteiger partial charge in [0, 0.05) is 25.7 Å². The first-order chi connectivity index (χ1) is 11.2. The minimum Gasteiger partial charge on any atom is -0.468 e. The van der Waals surface area contributed by atoms with Crippen LogP contribution in [0, 0.1) is 5.82 Å². The van der Waals surface area contributed by atoms with Crippen LogP contribution in [-0.4, -0.2) is 41.2 Å². The Balaban J connectivity index is 1.36. The van der Waals surface area contributed by atoms with E-state index in [1.54, 1.807) is 18.5 Å². The van der Waals surface area contributed by atoms with Gasteiger partial charge in [-0.25, -0.2) is 9.37 Å². The summed E-state index contributed by atoms with van der Waals surface area (Å²) in [7, 11) is 0. The number of nitrogens with one attached hydrogen (secondary N) is 1. The molecule has 0 amide bonds. The quantitative estimate of drug-likeness (QED) is 0.939. The molecule has 1 spiro atoms. The Kier molecular flexibility index (Phi) is 3.79. The molecule has 5 nitrogen and oxygen atoms in total. The summed E-state index contributed by atoms with van der Waals surface area (Å²) in [4.78, 5) is 6.41. The topological polar surface area (TPSA) is 50.5 Å². The lowest BCUT2D eigenvalue weighted by Gasteiger charge is -2.23. The van der Waals surface area contributed by atoms with Gasteiger partial charge in [-0.05, 0) is 30.7 Å². The van der Waals surface area contributed by atoms with Crippen LogP contribution < -0.4 is 5.32 Å². The summed E-state index contributed by atoms with van der Waals surface area (Å²) < 4.78 is 25.2. The lowest BCUT2D eigenvalue weighted by Crippen LogP contribution is -2.33. The number of likely N-dealkylation sites (tertiary alicyclic amines) is 1. The van der Waals surface area contributed by atoms with Gasteiger partial charge in [0.2, 0.25) is 0 Å². The molecule has 0 aromatic carbocycles. The highest BCUT2D eigenvalue weighted by atomic mass is 19.1. The third-order valence-corrected chi connectivity index (χ3v) is 4.66. The first-order valence-electron chi connectivity index (χ1n) is 7.98. The highest BCUT2D eigenvalue weighted by molar-refractivity contribution is 5.37. The fourth-order valence-electron chi connectivity index (χ4n) is 3.59. The van der Waals surface area contributed by atoms with E-state index in [1.807, 2.05) is 12.1 Å². The van der Waals surface area contributed by atoms with E-state index >= 15 is 0 Å². The van der Waals surface area contributed by atoms with Gasteiger partial charge in [0.05, 0.1) is 31.1 Å². The minimum atomic E-state index is -0.320. The number of aromatic nitrogens is 1. The zero-order valence-corrected chi connectivity index (χ0v) is 12.9. The molecule has 2 aromatic heterocycles. The Morgan fingerprint density at radius 3 is 3.17 bits per heavy atom. The molecule has 0 bridgehead atoms. The average molecular weight is 317 g/mol. The van der Waals surface area contributed by atoms with Gasteiger partial charge < -0.3 is 14.5 Å². The summed E-state index contributed by atoms with van der Waals surface area (Å²) in [6.45, 7) is 3.28. The molecule has 122 valence electrons. The summed E-state index contributed by atoms with van der Waals surface area (Å²) >= 11 is 0. The molecule has 4 heterocycles. The van der Waals surface area contributed by atoms with Crippen molar-refractivity contribution < 1.29 is 13.5 Å². The molecule has 0 unspecified atom stereocenters. The highest BCUT2D eigenvalue weighted by Crippen LogP contribution is 2.36. The van der Waals surface area contributed by atoms with Crippen molar-refractivity contribution in [2.45, 2.75) is 31.0 Å². The van der Waals surface area contributed by atoms with Gasteiger partial charge in [-0.3, -0.25) is 4.90 Å². The molecule has 2 aromatic rings. The van der Waals surface area contributed by atoms with Gasteiger partial charge in [0.25, 0.3) is 0 Å². The number of hydrogen-bond acceptors (Lipinski definition) is 5. The second-order valence-corrected chi connectivity index (χ2v) is 6.41. The molecule has 1 N–H and O–H groups in total. The lowest BCUT2D eigenvalue weighted by molar-refractivity contribution is 0.0115. The summed E-state index contributed by atoms with van der Waals surface area (Å²) in [6, 6.07) is 7.02. The number of halogens is 1. The number of nitrogens with zero attached hydrogens (tertiary/aromatic N) is 2. The van der Waals surface area contributed by atoms with Crippen molar-refractivity contribution in [3.05, 3.63) is 48.3 Å². The van der Waals surface area contributed by atoms with Gasteiger partial charge in [-0.2, -0.15) is 0 Å². The fourth-order valence-corrected chi connectivity index (χ4v) is 3.59. The first-order valence-corrected chi connectivity index (χ1v) is 7.98. The average Bonchev–Trinajstić information content (AvgIpc) is 3.26. The van der Waals surface area contributed by atoms with Gasteiger partial charge in [-0.15, -0.1) is 0 Å². The van der Waals surface area contributed by atoms with Crippen LogP contribution in [0.1, 0.15) is 18.6 Å². The predicted octanol–water partition coefficient (Wildman–Crippen LogP) is 2.66. The van der Waals surface area contributed by atoms with Crippen LogP contribution in [0.3, 0.4) is 0 Å². The SMILES string of the molecule is Fc1cccnc1N[C@@H]1CO[C@@]2(CCN(Cc3ccco3)C2)C1. The molecule has 0 aliphatic carbocycles. The summed E-state index contributed by atoms with van der Waals surface area (Å²) in [6.07, 6.45) is 5.17. The van der Waals surface area contributed by atoms with Crippen LogP contribution >= 0.6 is 0 Å². The van der Waals surface area contributed by atoms with Crippen molar-refractivity contribution >= 4 is 5.82 Å². The van der Waals surface area contributed by atoms with Crippen molar-refractivity contribution in [2.75, 3.05) is 25.0 Å². The van der Waals surface area contributed by atoms with Crippen molar-refractivity contribution in [2.24, 2.45) is 0 Å². The van der Waals surface area contributed by atoms with E-state index in [0.717, 1.165) is 38.2 Å². The number of furan rings is 1. The zero-order chi connectivity index (χ0) is 15.7. The zero-order valence-electron chi connectivity index (χ0n) is 12.9. The third-order valence-electron chi connectivity index (χ3n) is 4.66. The minimum absolute atomic E-state index is 0.1000. The maximum Gasteiger partial charge on any atom is 0.165 e. The maximum atomic E-state index is 13.7. The van der Waals surface area contributed by atoms with E-state index in [0.29, 0.717) is 12.4 Å². The highest BCUT2D eigenvalue weighted by Gasteiger charge is 2.45. The summed E-state index contributed by atoms with van der Waals surface area (Å²) in [5.41, 5.74) is -0.129. The Bertz CT molecular complexity index is 664. The monoisotopic (exact) mass is 317 g/mol. The molecular weight excluding hydrogens is 297 g/mol. The second-order valence-electron chi connectivity index (χ2n) is 6.41. The second kappa shape index (κ2) is 5.94. The van der Waals surface area contributed by atoms with Crippen LogP contribution in [0.15, 0.2) is 41.1 Å². The van der Waals surface area contributed by atoms with Crippen LogP contribution in [0.4, 0.5) is 10.2 Å². The lowest BCUT2D eigenvalue weighted by atomic mass is 9.97. The Labute approximate surface area is 134 Å². The van der Waals surface area contributed by atoms with Gasteiger partial charge in [0.1, 0.15) is 5.76 Å². The van der Waals surface area contributed by atoms with Crippen molar-refractivity contribution in [3.63, 3.8) is 0 Å². The number of hydrogen-bond donors (Lipinski definition) is 1. The van der Waals surface area contributed by atoms with E-state index in [4.69, 9.17) is 9.15 Å². The fraction of sp³-hybridized carbons (Fsp3) is 0.471. The number of anilines is 1. The van der Waals surface area contributed by atoms with Crippen LogP contribution in [0.2, 0.25) is 0 Å². The molecule has 0 radical (unpaired) electrons. The van der Waals surface area contributed by atoms with Crippen LogP contribution in [0.25, 0.3) is 0 Å². The molecule has 4 rings (SSSR count). The molecule has 2 atom stereocenters. The van der Waals surface area contributed by atoms with Gasteiger partial charge in [0.15, 0.2) is 11.6 Å². The number of rotatable bonds is 4. The summed E-state index contributed by atoms with van der Waals surface area (Å²) in [5.74, 6) is 0.966. The smallest absolute Gasteiger partial charge is 0.165 e. The van der Waals surface area contributed by atoms with Crippen molar-refractivity contribution in [3.8, 4) is 0 Å². The Hall–Kier alpha value is -1.92. The first kappa shape index (κ1) is 14.7. The molecule has 2 fully saturated rings. The molecular formula is C17H20FN3O2. The number of pyridine rings is 1. The number of ether oxygens (including phenoxy) is 1. The van der Waals surface area contributed by atoms with E-state index in [9.17, 15) is 4.39 Å². The van der Waals surface area contributed by atoms with Crippen LogP contribution in [-0.2, 0) is 11.3 Å². The summed E-state index contributed by atoms with van der Waals surface area (Å²) in [5, 5.41) is 3.17. The Morgan fingerprint density at radius 1 is 1.39 bits per heavy atom. The largest absolute Gasteiger partial charge is 0.468 e.